The Morgan fingerprint density at radius 1 is 1.30 bits per heavy atom. The monoisotopic (exact) mass is 279 g/mol. The van der Waals surface area contributed by atoms with Crippen LogP contribution in [-0.2, 0) is 0 Å². The summed E-state index contributed by atoms with van der Waals surface area (Å²) in [6.45, 7) is 0. The van der Waals surface area contributed by atoms with Crippen LogP contribution in [0.4, 0.5) is 0 Å². The summed E-state index contributed by atoms with van der Waals surface area (Å²) in [7, 11) is 7.64. The van der Waals surface area contributed by atoms with E-state index in [9.17, 15) is 0 Å². The standard InChI is InChI=1S/C11H16N5O.BH2O2/c1-14(2)11(15(3)4)17-16-10-8-6-5-7-9(10)12-13-16;2-1-3/h5-8H,1-4H3;2-3H/q+1;. The minimum Gasteiger partial charge on any atom is -0.429 e. The smallest absolute Gasteiger partial charge is 0.429 e. The molecule has 1 aromatic carbocycles. The fraction of sp³-hybridized carbons (Fsp3) is 0.364. The molecule has 1 radical (unpaired) electrons. The normalized spacial score (nSPS) is 9.50. The Hall–Kier alpha value is -2.13. The highest BCUT2D eigenvalue weighted by Gasteiger charge is 2.17. The summed E-state index contributed by atoms with van der Waals surface area (Å²) in [6.07, 6.45) is 0. The molecule has 1 heterocycles. The first-order valence-electron chi connectivity index (χ1n) is 5.81. The molecule has 0 aliphatic rings. The van der Waals surface area contributed by atoms with E-state index in [-0.39, 0.29) is 7.69 Å². The molecule has 20 heavy (non-hydrogen) atoms. The molecule has 0 amide bonds. The summed E-state index contributed by atoms with van der Waals surface area (Å²) in [5.41, 5.74) is 1.65. The minimum absolute atomic E-state index is 0. The summed E-state index contributed by atoms with van der Waals surface area (Å²) < 4.78 is 1.87. The van der Waals surface area contributed by atoms with Crippen LogP contribution in [0.3, 0.4) is 0 Å². The van der Waals surface area contributed by atoms with Crippen LogP contribution in [0.1, 0.15) is 0 Å². The molecule has 107 valence electrons. The summed E-state index contributed by atoms with van der Waals surface area (Å²) in [4.78, 5) is 8.99. The van der Waals surface area contributed by atoms with Gasteiger partial charge in [-0.25, -0.2) is 9.48 Å². The van der Waals surface area contributed by atoms with E-state index in [1.165, 1.54) is 4.85 Å². The van der Waals surface area contributed by atoms with Gasteiger partial charge in [0.25, 0.3) is 0 Å². The molecular formula is C11H18BN5O3+. The fourth-order valence-electron chi connectivity index (χ4n) is 1.56. The van der Waals surface area contributed by atoms with Crippen molar-refractivity contribution in [2.45, 2.75) is 0 Å². The second kappa shape index (κ2) is 7.46. The third-order valence-electron chi connectivity index (χ3n) is 2.25. The summed E-state index contributed by atoms with van der Waals surface area (Å²) in [5, 5.41) is 22.0. The van der Waals surface area contributed by atoms with Crippen molar-refractivity contribution in [3.8, 4) is 0 Å². The lowest BCUT2D eigenvalue weighted by atomic mass is 10.3. The van der Waals surface area contributed by atoms with Crippen molar-refractivity contribution in [2.24, 2.45) is 0 Å². The third kappa shape index (κ3) is 3.94. The molecule has 0 atom stereocenters. The fourth-order valence-corrected chi connectivity index (χ4v) is 1.56. The van der Waals surface area contributed by atoms with E-state index in [4.69, 9.17) is 14.9 Å². The van der Waals surface area contributed by atoms with Gasteiger partial charge in [0.2, 0.25) is 0 Å². The molecule has 0 saturated heterocycles. The van der Waals surface area contributed by atoms with Gasteiger partial charge in [0, 0.05) is 0 Å². The van der Waals surface area contributed by atoms with E-state index in [0.717, 1.165) is 11.0 Å². The Labute approximate surface area is 117 Å². The Morgan fingerprint density at radius 3 is 2.45 bits per heavy atom. The van der Waals surface area contributed by atoms with Gasteiger partial charge in [0.1, 0.15) is 11.0 Å². The van der Waals surface area contributed by atoms with Crippen LogP contribution in [0.5, 0.6) is 0 Å². The Morgan fingerprint density at radius 2 is 1.90 bits per heavy atom. The first kappa shape index (κ1) is 15.9. The highest BCUT2D eigenvalue weighted by atomic mass is 16.7. The zero-order valence-electron chi connectivity index (χ0n) is 11.9. The quantitative estimate of drug-likeness (QED) is 0.287. The predicted molar refractivity (Wildman–Crippen MR) is 75.1 cm³/mol. The van der Waals surface area contributed by atoms with Gasteiger partial charge in [-0.3, -0.25) is 4.84 Å². The van der Waals surface area contributed by atoms with Gasteiger partial charge in [0.15, 0.2) is 0 Å². The Balaban J connectivity index is 0.000000612. The van der Waals surface area contributed by atoms with Crippen LogP contribution < -0.4 is 4.84 Å². The summed E-state index contributed by atoms with van der Waals surface area (Å²) in [5.74, 6) is 0. The van der Waals surface area contributed by atoms with Gasteiger partial charge >= 0.3 is 13.7 Å². The minimum atomic E-state index is 0. The zero-order chi connectivity index (χ0) is 15.1. The number of amidine groups is 1. The Bertz CT molecular complexity index is 580. The van der Waals surface area contributed by atoms with Crippen LogP contribution in [-0.4, -0.2) is 76.6 Å². The van der Waals surface area contributed by atoms with Crippen LogP contribution in [0.25, 0.3) is 11.0 Å². The average Bonchev–Trinajstić information content (AvgIpc) is 2.79. The van der Waals surface area contributed by atoms with Crippen LogP contribution >= 0.6 is 0 Å². The molecule has 0 fully saturated rings. The van der Waals surface area contributed by atoms with Crippen molar-refractivity contribution in [3.05, 3.63) is 24.3 Å². The highest BCUT2D eigenvalue weighted by Crippen LogP contribution is 2.08. The SMILES string of the molecule is CN(C)C(On1nnc2ccccc21)=[N+](C)C.O[B]O. The van der Waals surface area contributed by atoms with E-state index >= 15 is 0 Å². The second-order valence-corrected chi connectivity index (χ2v) is 4.23. The third-order valence-corrected chi connectivity index (χ3v) is 2.25. The molecule has 0 aliphatic carbocycles. The van der Waals surface area contributed by atoms with E-state index in [1.54, 1.807) is 0 Å². The van der Waals surface area contributed by atoms with Gasteiger partial charge < -0.3 is 10.0 Å². The topological polar surface area (TPSA) is 86.7 Å². The maximum absolute atomic E-state index is 7.00. The lowest BCUT2D eigenvalue weighted by Gasteiger charge is -2.10. The number of para-hydroxylation sites is 1. The van der Waals surface area contributed by atoms with Crippen molar-refractivity contribution in [1.82, 2.24) is 20.1 Å². The maximum atomic E-state index is 7.00. The molecule has 2 rings (SSSR count). The molecular weight excluding hydrogens is 261 g/mol. The van der Waals surface area contributed by atoms with Crippen molar-refractivity contribution in [1.29, 1.82) is 0 Å². The number of aromatic nitrogens is 3. The van der Waals surface area contributed by atoms with E-state index in [0.29, 0.717) is 6.02 Å². The number of rotatable bonds is 1. The van der Waals surface area contributed by atoms with Gasteiger partial charge in [0.05, 0.1) is 28.2 Å². The molecule has 2 N–H and O–H groups in total. The first-order chi connectivity index (χ1) is 9.51. The largest absolute Gasteiger partial charge is 0.482 e. The van der Waals surface area contributed by atoms with Crippen LogP contribution in [0.15, 0.2) is 24.3 Å². The van der Waals surface area contributed by atoms with Crippen molar-refractivity contribution in [3.63, 3.8) is 0 Å². The predicted octanol–water partition coefficient (Wildman–Crippen LogP) is -1.45. The summed E-state index contributed by atoms with van der Waals surface area (Å²) in [6, 6.07) is 8.34. The molecule has 1 aromatic heterocycles. The van der Waals surface area contributed by atoms with Gasteiger partial charge in [-0.1, -0.05) is 17.0 Å². The lowest BCUT2D eigenvalue weighted by molar-refractivity contribution is -0.480. The number of hydrogen-bond donors (Lipinski definition) is 2. The molecule has 8 nitrogen and oxygen atoms in total. The molecule has 2 aromatic rings. The highest BCUT2D eigenvalue weighted by molar-refractivity contribution is 6.13. The Kier molecular flexibility index (Phi) is 5.94. The van der Waals surface area contributed by atoms with E-state index < -0.39 is 0 Å². The molecule has 0 saturated carbocycles. The van der Waals surface area contributed by atoms with E-state index in [2.05, 4.69) is 10.3 Å². The number of nitrogens with zero attached hydrogens (tertiary/aromatic N) is 5. The summed E-state index contributed by atoms with van der Waals surface area (Å²) >= 11 is 0. The van der Waals surface area contributed by atoms with Crippen molar-refractivity contribution in [2.75, 3.05) is 28.2 Å². The second-order valence-electron chi connectivity index (χ2n) is 4.23. The van der Waals surface area contributed by atoms with Gasteiger partial charge in [-0.15, -0.1) is 5.10 Å². The number of fused-ring (bicyclic) bond motifs is 1. The molecule has 0 unspecified atom stereocenters. The van der Waals surface area contributed by atoms with Crippen molar-refractivity contribution < 1.29 is 19.5 Å². The van der Waals surface area contributed by atoms with Gasteiger partial charge in [-0.05, 0) is 17.3 Å². The van der Waals surface area contributed by atoms with Crippen molar-refractivity contribution >= 4 is 24.7 Å². The zero-order valence-corrected chi connectivity index (χ0v) is 11.9. The van der Waals surface area contributed by atoms with Crippen LogP contribution in [0.2, 0.25) is 0 Å². The molecule has 9 heteroatoms. The lowest BCUT2D eigenvalue weighted by Crippen LogP contribution is -2.39. The van der Waals surface area contributed by atoms with Crippen LogP contribution in [0, 0.1) is 0 Å². The molecule has 0 aliphatic heterocycles. The first-order valence-corrected chi connectivity index (χ1v) is 5.81. The van der Waals surface area contributed by atoms with Gasteiger partial charge in [-0.2, -0.15) is 0 Å². The van der Waals surface area contributed by atoms with E-state index in [1.807, 2.05) is 61.9 Å². The maximum Gasteiger partial charge on any atom is 0.482 e. The average molecular weight is 279 g/mol. The number of hydrogen-bond acceptors (Lipinski definition) is 5. The molecule has 0 spiro atoms. The molecule has 0 bridgehead atoms. The number of benzene rings is 1.